The Balaban J connectivity index is 1.83. The molecule has 2 rings (SSSR count). The minimum atomic E-state index is -0.210. The van der Waals surface area contributed by atoms with Crippen LogP contribution in [0.25, 0.3) is 0 Å². The number of hydrogen-bond donors (Lipinski definition) is 1. The Hall–Kier alpha value is -1.39. The molecule has 1 heterocycles. The average Bonchev–Trinajstić information content (AvgIpc) is 2.38. The smallest absolute Gasteiger partial charge is 0.124 e. The van der Waals surface area contributed by atoms with Gasteiger partial charge in [-0.1, -0.05) is 12.1 Å². The number of halogens is 1. The predicted octanol–water partition coefficient (Wildman–Crippen LogP) is 2.88. The lowest BCUT2D eigenvalue weighted by Gasteiger charge is -2.10. The van der Waals surface area contributed by atoms with Crippen molar-refractivity contribution in [3.05, 3.63) is 60.2 Å². The van der Waals surface area contributed by atoms with Gasteiger partial charge in [0.25, 0.3) is 0 Å². The van der Waals surface area contributed by atoms with E-state index in [0.717, 1.165) is 22.8 Å². The maximum Gasteiger partial charge on any atom is 0.124 e. The second-order valence-electron chi connectivity index (χ2n) is 4.05. The first-order chi connectivity index (χ1) is 8.74. The molecule has 4 heteroatoms. The number of nitrogens with zero attached hydrogens (tertiary/aromatic N) is 1. The molecular formula is C14H15FN2S. The van der Waals surface area contributed by atoms with Gasteiger partial charge in [0.2, 0.25) is 0 Å². The lowest BCUT2D eigenvalue weighted by atomic mass is 10.2. The van der Waals surface area contributed by atoms with Crippen LogP contribution in [0, 0.1) is 5.82 Å². The van der Waals surface area contributed by atoms with E-state index in [1.54, 1.807) is 24.0 Å². The highest BCUT2D eigenvalue weighted by molar-refractivity contribution is 7.99. The Morgan fingerprint density at radius 2 is 2.11 bits per heavy atom. The van der Waals surface area contributed by atoms with Crippen LogP contribution in [0.3, 0.4) is 0 Å². The van der Waals surface area contributed by atoms with Crippen molar-refractivity contribution in [2.75, 3.05) is 5.75 Å². The van der Waals surface area contributed by atoms with Crippen LogP contribution in [-0.2, 0) is 6.42 Å². The summed E-state index contributed by atoms with van der Waals surface area (Å²) in [6.07, 6.45) is 2.50. The molecular weight excluding hydrogens is 247 g/mol. The first-order valence-electron chi connectivity index (χ1n) is 5.78. The van der Waals surface area contributed by atoms with Gasteiger partial charge in [0.15, 0.2) is 0 Å². The summed E-state index contributed by atoms with van der Waals surface area (Å²) in [6.45, 7) is 0. The van der Waals surface area contributed by atoms with E-state index in [2.05, 4.69) is 4.98 Å². The first-order valence-corrected chi connectivity index (χ1v) is 6.76. The van der Waals surface area contributed by atoms with E-state index in [1.165, 1.54) is 12.1 Å². The largest absolute Gasteiger partial charge is 0.327 e. The van der Waals surface area contributed by atoms with Gasteiger partial charge in [-0.05, 0) is 30.3 Å². The fourth-order valence-corrected chi connectivity index (χ4v) is 2.50. The van der Waals surface area contributed by atoms with Crippen molar-refractivity contribution in [2.24, 2.45) is 5.73 Å². The van der Waals surface area contributed by atoms with Crippen molar-refractivity contribution in [2.45, 2.75) is 17.4 Å². The first kappa shape index (κ1) is 13.1. The quantitative estimate of drug-likeness (QED) is 0.842. The molecule has 18 heavy (non-hydrogen) atoms. The summed E-state index contributed by atoms with van der Waals surface area (Å²) >= 11 is 1.57. The van der Waals surface area contributed by atoms with Crippen molar-refractivity contribution in [3.8, 4) is 0 Å². The summed E-state index contributed by atoms with van der Waals surface area (Å²) < 4.78 is 13.0. The minimum absolute atomic E-state index is 0.0215. The summed E-state index contributed by atoms with van der Waals surface area (Å²) in [6, 6.07) is 12.4. The zero-order valence-corrected chi connectivity index (χ0v) is 10.7. The van der Waals surface area contributed by atoms with Gasteiger partial charge in [-0.15, -0.1) is 11.8 Å². The lowest BCUT2D eigenvalue weighted by Crippen LogP contribution is -2.25. The van der Waals surface area contributed by atoms with Crippen molar-refractivity contribution in [1.29, 1.82) is 0 Å². The van der Waals surface area contributed by atoms with Crippen LogP contribution in [0.15, 0.2) is 53.6 Å². The van der Waals surface area contributed by atoms with Gasteiger partial charge < -0.3 is 5.73 Å². The van der Waals surface area contributed by atoms with Crippen molar-refractivity contribution >= 4 is 11.8 Å². The van der Waals surface area contributed by atoms with E-state index in [9.17, 15) is 4.39 Å². The second kappa shape index (κ2) is 6.52. The van der Waals surface area contributed by atoms with Crippen LogP contribution in [0.1, 0.15) is 5.69 Å². The molecule has 1 aromatic carbocycles. The van der Waals surface area contributed by atoms with E-state index in [4.69, 9.17) is 5.73 Å². The highest BCUT2D eigenvalue weighted by Crippen LogP contribution is 2.19. The number of nitrogens with two attached hydrogens (primary N) is 1. The molecule has 2 aromatic rings. The monoisotopic (exact) mass is 262 g/mol. The second-order valence-corrected chi connectivity index (χ2v) is 5.15. The highest BCUT2D eigenvalue weighted by atomic mass is 32.2. The molecule has 1 atom stereocenters. The highest BCUT2D eigenvalue weighted by Gasteiger charge is 2.06. The summed E-state index contributed by atoms with van der Waals surface area (Å²) in [7, 11) is 0. The molecule has 0 saturated heterocycles. The number of thioether (sulfide) groups is 1. The van der Waals surface area contributed by atoms with Crippen molar-refractivity contribution < 1.29 is 4.39 Å². The van der Waals surface area contributed by atoms with Gasteiger partial charge in [0, 0.05) is 35.0 Å². The summed E-state index contributed by atoms with van der Waals surface area (Å²) in [5.74, 6) is 0.540. The van der Waals surface area contributed by atoms with Gasteiger partial charge in [0.1, 0.15) is 5.82 Å². The number of benzene rings is 1. The molecule has 0 aliphatic heterocycles. The Kier molecular flexibility index (Phi) is 4.73. The van der Waals surface area contributed by atoms with E-state index in [1.807, 2.05) is 24.3 Å². The number of aromatic nitrogens is 1. The van der Waals surface area contributed by atoms with Crippen LogP contribution in [0.4, 0.5) is 4.39 Å². The van der Waals surface area contributed by atoms with Gasteiger partial charge >= 0.3 is 0 Å². The standard InChI is InChI=1S/C14H15FN2S/c15-11-4-3-6-14(8-11)18-10-12(16)9-13-5-1-2-7-17-13/h1-8,12H,9-10,16H2. The molecule has 1 aromatic heterocycles. The van der Waals surface area contributed by atoms with E-state index >= 15 is 0 Å². The molecule has 0 bridgehead atoms. The molecule has 0 saturated carbocycles. The molecule has 0 fully saturated rings. The van der Waals surface area contributed by atoms with Crippen LogP contribution in [-0.4, -0.2) is 16.8 Å². The molecule has 0 radical (unpaired) electrons. The van der Waals surface area contributed by atoms with Gasteiger partial charge in [0.05, 0.1) is 0 Å². The molecule has 0 amide bonds. The molecule has 1 unspecified atom stereocenters. The molecule has 0 aliphatic carbocycles. The number of rotatable bonds is 5. The molecule has 94 valence electrons. The molecule has 0 spiro atoms. The third-order valence-electron chi connectivity index (χ3n) is 2.46. The molecule has 0 aliphatic rings. The van der Waals surface area contributed by atoms with E-state index in [0.29, 0.717) is 0 Å². The minimum Gasteiger partial charge on any atom is -0.327 e. The summed E-state index contributed by atoms with van der Waals surface area (Å²) in [4.78, 5) is 5.15. The SMILES string of the molecule is NC(CSc1cccc(F)c1)Cc1ccccn1. The van der Waals surface area contributed by atoms with Gasteiger partial charge in [-0.25, -0.2) is 4.39 Å². The lowest BCUT2D eigenvalue weighted by molar-refractivity contribution is 0.624. The Bertz CT molecular complexity index is 490. The molecule has 2 N–H and O–H groups in total. The molecule has 2 nitrogen and oxygen atoms in total. The Morgan fingerprint density at radius 1 is 1.22 bits per heavy atom. The third-order valence-corrected chi connectivity index (χ3v) is 3.64. The van der Waals surface area contributed by atoms with Crippen molar-refractivity contribution in [1.82, 2.24) is 4.98 Å². The predicted molar refractivity (Wildman–Crippen MR) is 73.0 cm³/mol. The Labute approximate surface area is 110 Å². The average molecular weight is 262 g/mol. The topological polar surface area (TPSA) is 38.9 Å². The zero-order valence-electron chi connectivity index (χ0n) is 9.92. The van der Waals surface area contributed by atoms with E-state index < -0.39 is 0 Å². The zero-order chi connectivity index (χ0) is 12.8. The maximum atomic E-state index is 13.0. The fourth-order valence-electron chi connectivity index (χ4n) is 1.61. The fraction of sp³-hybridized carbons (Fsp3) is 0.214. The van der Waals surface area contributed by atoms with E-state index in [-0.39, 0.29) is 11.9 Å². The maximum absolute atomic E-state index is 13.0. The third kappa shape index (κ3) is 4.13. The van der Waals surface area contributed by atoms with Crippen LogP contribution >= 0.6 is 11.8 Å². The van der Waals surface area contributed by atoms with Gasteiger partial charge in [-0.2, -0.15) is 0 Å². The Morgan fingerprint density at radius 3 is 2.83 bits per heavy atom. The van der Waals surface area contributed by atoms with Gasteiger partial charge in [-0.3, -0.25) is 4.98 Å². The number of hydrogen-bond acceptors (Lipinski definition) is 3. The van der Waals surface area contributed by atoms with Crippen LogP contribution < -0.4 is 5.73 Å². The normalized spacial score (nSPS) is 12.3. The summed E-state index contributed by atoms with van der Waals surface area (Å²) in [5.41, 5.74) is 7.03. The van der Waals surface area contributed by atoms with Crippen molar-refractivity contribution in [3.63, 3.8) is 0 Å². The van der Waals surface area contributed by atoms with Crippen LogP contribution in [0.5, 0.6) is 0 Å². The van der Waals surface area contributed by atoms with Crippen LogP contribution in [0.2, 0.25) is 0 Å². The summed E-state index contributed by atoms with van der Waals surface area (Å²) in [5, 5.41) is 0. The number of pyridine rings is 1.